The van der Waals surface area contributed by atoms with Crippen molar-refractivity contribution in [3.05, 3.63) is 42.5 Å². The quantitative estimate of drug-likeness (QED) is 0.531. The van der Waals surface area contributed by atoms with Crippen LogP contribution in [0.1, 0.15) is 50.8 Å². The number of anilines is 1. The van der Waals surface area contributed by atoms with Crippen molar-refractivity contribution in [3.63, 3.8) is 0 Å². The van der Waals surface area contributed by atoms with Gasteiger partial charge < -0.3 is 15.5 Å². The molecule has 0 spiro atoms. The standard InChI is InChI=1S/C22H25N5O/c1-2-28-17-10-6-9-15-13-16(25-18(15)17)19-20-21(23)24-11-12-27(20)22(26-19)14-7-4-3-5-8-14/h6,9-14,25H,2-5,7-8H2,1H3,(H2,23,24). The number of aromatic nitrogens is 4. The van der Waals surface area contributed by atoms with Gasteiger partial charge in [0, 0.05) is 23.7 Å². The van der Waals surface area contributed by atoms with Gasteiger partial charge in [-0.05, 0) is 31.9 Å². The average Bonchev–Trinajstić information content (AvgIpc) is 3.32. The third kappa shape index (κ3) is 2.71. The van der Waals surface area contributed by atoms with Crippen LogP contribution in [-0.4, -0.2) is 26.0 Å². The molecule has 28 heavy (non-hydrogen) atoms. The van der Waals surface area contributed by atoms with Gasteiger partial charge in [-0.1, -0.05) is 31.4 Å². The second kappa shape index (κ2) is 6.86. The number of hydrogen-bond acceptors (Lipinski definition) is 4. The largest absolute Gasteiger partial charge is 0.492 e. The molecule has 3 heterocycles. The van der Waals surface area contributed by atoms with Crippen LogP contribution in [0.4, 0.5) is 5.82 Å². The Morgan fingerprint density at radius 3 is 2.93 bits per heavy atom. The third-order valence-electron chi connectivity index (χ3n) is 5.75. The molecule has 0 unspecified atom stereocenters. The molecule has 6 heteroatoms. The highest BCUT2D eigenvalue weighted by atomic mass is 16.5. The van der Waals surface area contributed by atoms with E-state index in [4.69, 9.17) is 15.5 Å². The van der Waals surface area contributed by atoms with Crippen molar-refractivity contribution in [3.8, 4) is 17.1 Å². The van der Waals surface area contributed by atoms with E-state index in [0.717, 1.165) is 39.4 Å². The molecule has 3 N–H and O–H groups in total. The van der Waals surface area contributed by atoms with Crippen LogP contribution in [-0.2, 0) is 0 Å². The molecule has 0 aliphatic heterocycles. The number of para-hydroxylation sites is 1. The number of imidazole rings is 1. The van der Waals surface area contributed by atoms with Gasteiger partial charge in [0.1, 0.15) is 28.6 Å². The van der Waals surface area contributed by atoms with Crippen LogP contribution in [0.3, 0.4) is 0 Å². The highest BCUT2D eigenvalue weighted by molar-refractivity contribution is 5.93. The van der Waals surface area contributed by atoms with E-state index in [1.165, 1.54) is 32.1 Å². The number of ether oxygens (including phenoxy) is 1. The molecular weight excluding hydrogens is 350 g/mol. The predicted octanol–water partition coefficient (Wildman–Crippen LogP) is 4.91. The number of benzene rings is 1. The molecular formula is C22H25N5O. The Morgan fingerprint density at radius 1 is 1.25 bits per heavy atom. The molecule has 5 rings (SSSR count). The van der Waals surface area contributed by atoms with E-state index in [1.54, 1.807) is 6.20 Å². The lowest BCUT2D eigenvalue weighted by molar-refractivity contribution is 0.344. The van der Waals surface area contributed by atoms with E-state index in [-0.39, 0.29) is 0 Å². The first-order chi connectivity index (χ1) is 13.8. The maximum absolute atomic E-state index is 6.30. The second-order valence-electron chi connectivity index (χ2n) is 7.52. The SMILES string of the molecule is CCOc1cccc2cc(-c3nc(C4CCCCC4)n4ccnc(N)c34)[nH]c12. The van der Waals surface area contributed by atoms with E-state index in [9.17, 15) is 0 Å². The molecule has 1 fully saturated rings. The minimum atomic E-state index is 0.472. The van der Waals surface area contributed by atoms with Crippen LogP contribution in [0.2, 0.25) is 0 Å². The minimum absolute atomic E-state index is 0.472. The first-order valence-electron chi connectivity index (χ1n) is 10.1. The highest BCUT2D eigenvalue weighted by Crippen LogP contribution is 2.38. The fourth-order valence-electron chi connectivity index (χ4n) is 4.46. The highest BCUT2D eigenvalue weighted by Gasteiger charge is 2.24. The molecule has 4 aromatic rings. The van der Waals surface area contributed by atoms with E-state index in [2.05, 4.69) is 26.5 Å². The number of nitrogens with one attached hydrogen (secondary N) is 1. The first-order valence-corrected chi connectivity index (χ1v) is 10.1. The summed E-state index contributed by atoms with van der Waals surface area (Å²) >= 11 is 0. The molecule has 0 amide bonds. The van der Waals surface area contributed by atoms with Crippen molar-refractivity contribution in [2.45, 2.75) is 44.9 Å². The average molecular weight is 375 g/mol. The van der Waals surface area contributed by atoms with E-state index >= 15 is 0 Å². The molecule has 6 nitrogen and oxygen atoms in total. The van der Waals surface area contributed by atoms with Crippen molar-refractivity contribution < 1.29 is 4.74 Å². The Bertz CT molecular complexity index is 1140. The van der Waals surface area contributed by atoms with Crippen molar-refractivity contribution >= 4 is 22.2 Å². The van der Waals surface area contributed by atoms with E-state index < -0.39 is 0 Å². The summed E-state index contributed by atoms with van der Waals surface area (Å²) in [5.41, 5.74) is 9.98. The molecule has 0 radical (unpaired) electrons. The van der Waals surface area contributed by atoms with Gasteiger partial charge in [0.15, 0.2) is 0 Å². The van der Waals surface area contributed by atoms with E-state index in [1.807, 2.05) is 25.3 Å². The lowest BCUT2D eigenvalue weighted by Gasteiger charge is -2.20. The van der Waals surface area contributed by atoms with Crippen LogP contribution >= 0.6 is 0 Å². The molecule has 0 bridgehead atoms. The van der Waals surface area contributed by atoms with Crippen molar-refractivity contribution in [1.82, 2.24) is 19.4 Å². The summed E-state index contributed by atoms with van der Waals surface area (Å²) in [4.78, 5) is 12.9. The Balaban J connectivity index is 1.70. The Kier molecular flexibility index (Phi) is 4.19. The fourth-order valence-corrected chi connectivity index (χ4v) is 4.46. The molecule has 144 valence electrons. The number of nitrogen functional groups attached to an aromatic ring is 1. The van der Waals surface area contributed by atoms with Crippen LogP contribution < -0.4 is 10.5 Å². The zero-order valence-electron chi connectivity index (χ0n) is 16.1. The summed E-state index contributed by atoms with van der Waals surface area (Å²) in [5, 5.41) is 1.10. The summed E-state index contributed by atoms with van der Waals surface area (Å²) in [6, 6.07) is 8.21. The van der Waals surface area contributed by atoms with Gasteiger partial charge in [0.25, 0.3) is 0 Å². The lowest BCUT2D eigenvalue weighted by Crippen LogP contribution is -2.09. The fraction of sp³-hybridized carbons (Fsp3) is 0.364. The van der Waals surface area contributed by atoms with Gasteiger partial charge in [-0.2, -0.15) is 0 Å². The summed E-state index contributed by atoms with van der Waals surface area (Å²) < 4.78 is 7.93. The molecule has 1 aliphatic rings. The molecule has 0 saturated heterocycles. The maximum Gasteiger partial charge on any atom is 0.150 e. The summed E-state index contributed by atoms with van der Waals surface area (Å²) in [7, 11) is 0. The lowest BCUT2D eigenvalue weighted by atomic mass is 9.89. The zero-order valence-corrected chi connectivity index (χ0v) is 16.1. The zero-order chi connectivity index (χ0) is 19.1. The molecule has 3 aromatic heterocycles. The minimum Gasteiger partial charge on any atom is -0.492 e. The maximum atomic E-state index is 6.30. The summed E-state index contributed by atoms with van der Waals surface area (Å²) in [6.07, 6.45) is 9.96. The van der Waals surface area contributed by atoms with Crippen molar-refractivity contribution in [2.24, 2.45) is 0 Å². The van der Waals surface area contributed by atoms with Crippen LogP contribution in [0, 0.1) is 0 Å². The van der Waals surface area contributed by atoms with Gasteiger partial charge >= 0.3 is 0 Å². The van der Waals surface area contributed by atoms with Crippen LogP contribution in [0.15, 0.2) is 36.7 Å². The van der Waals surface area contributed by atoms with Crippen LogP contribution in [0.25, 0.3) is 27.8 Å². The number of nitrogens with zero attached hydrogens (tertiary/aromatic N) is 3. The summed E-state index contributed by atoms with van der Waals surface area (Å²) in [5.74, 6) is 2.94. The smallest absolute Gasteiger partial charge is 0.150 e. The number of aromatic amines is 1. The third-order valence-corrected chi connectivity index (χ3v) is 5.75. The number of fused-ring (bicyclic) bond motifs is 2. The monoisotopic (exact) mass is 375 g/mol. The summed E-state index contributed by atoms with van der Waals surface area (Å²) in [6.45, 7) is 2.62. The molecule has 0 atom stereocenters. The topological polar surface area (TPSA) is 81.2 Å². The Morgan fingerprint density at radius 2 is 2.11 bits per heavy atom. The molecule has 1 aromatic carbocycles. The van der Waals surface area contributed by atoms with Gasteiger partial charge in [-0.3, -0.25) is 4.40 Å². The van der Waals surface area contributed by atoms with Gasteiger partial charge in [-0.15, -0.1) is 0 Å². The number of hydrogen-bond donors (Lipinski definition) is 2. The van der Waals surface area contributed by atoms with Gasteiger partial charge in [0.2, 0.25) is 0 Å². The van der Waals surface area contributed by atoms with Crippen molar-refractivity contribution in [2.75, 3.05) is 12.3 Å². The van der Waals surface area contributed by atoms with Gasteiger partial charge in [0.05, 0.1) is 17.8 Å². The van der Waals surface area contributed by atoms with E-state index in [0.29, 0.717) is 18.3 Å². The number of nitrogens with two attached hydrogens (primary N) is 1. The predicted molar refractivity (Wildman–Crippen MR) is 112 cm³/mol. The van der Waals surface area contributed by atoms with Crippen molar-refractivity contribution in [1.29, 1.82) is 0 Å². The second-order valence-corrected chi connectivity index (χ2v) is 7.52. The first kappa shape index (κ1) is 17.1. The van der Waals surface area contributed by atoms with Crippen LogP contribution in [0.5, 0.6) is 5.75 Å². The molecule has 1 saturated carbocycles. The normalized spacial score (nSPS) is 15.5. The van der Waals surface area contributed by atoms with Gasteiger partial charge in [-0.25, -0.2) is 9.97 Å². The number of H-pyrrole nitrogens is 1. The Hall–Kier alpha value is -3.02. The molecule has 1 aliphatic carbocycles. The Labute approximate surface area is 163 Å². The number of rotatable bonds is 4.